The molecule has 74 valence electrons. The summed E-state index contributed by atoms with van der Waals surface area (Å²) in [7, 11) is 0. The molecule has 3 nitrogen and oxygen atoms in total. The van der Waals surface area contributed by atoms with E-state index in [1.165, 1.54) is 0 Å². The third-order valence-corrected chi connectivity index (χ3v) is 2.99. The quantitative estimate of drug-likeness (QED) is 0.768. The number of pyridine rings is 1. The van der Waals surface area contributed by atoms with Crippen molar-refractivity contribution in [3.05, 3.63) is 28.5 Å². The number of carbonyl (C=O) groups is 1. The van der Waals surface area contributed by atoms with Crippen molar-refractivity contribution in [1.29, 1.82) is 0 Å². The van der Waals surface area contributed by atoms with Gasteiger partial charge in [0.1, 0.15) is 0 Å². The molecule has 1 aromatic rings. The number of aromatic nitrogens is 1. The van der Waals surface area contributed by atoms with Gasteiger partial charge in [-0.2, -0.15) is 0 Å². The van der Waals surface area contributed by atoms with Gasteiger partial charge in [-0.25, -0.2) is 0 Å². The fourth-order valence-corrected chi connectivity index (χ4v) is 2.00. The lowest BCUT2D eigenvalue weighted by molar-refractivity contribution is 0.0529. The molecule has 1 fully saturated rings. The van der Waals surface area contributed by atoms with Crippen molar-refractivity contribution in [1.82, 2.24) is 9.88 Å². The molecule has 0 aliphatic carbocycles. The van der Waals surface area contributed by atoms with Gasteiger partial charge in [-0.3, -0.25) is 9.78 Å². The van der Waals surface area contributed by atoms with Crippen LogP contribution in [-0.2, 0) is 0 Å². The van der Waals surface area contributed by atoms with Gasteiger partial charge in [0, 0.05) is 30.0 Å². The lowest BCUT2D eigenvalue weighted by Crippen LogP contribution is -2.48. The smallest absolute Gasteiger partial charge is 0.255 e. The van der Waals surface area contributed by atoms with Gasteiger partial charge in [-0.05, 0) is 27.9 Å². The fraction of sp³-hybridized carbons (Fsp3) is 0.400. The van der Waals surface area contributed by atoms with Gasteiger partial charge in [0.25, 0.3) is 5.91 Å². The van der Waals surface area contributed by atoms with Crippen molar-refractivity contribution < 1.29 is 4.79 Å². The monoisotopic (exact) mass is 254 g/mol. The molecule has 2 rings (SSSR count). The normalized spacial score (nSPS) is 16.6. The fourth-order valence-electron chi connectivity index (χ4n) is 1.58. The Bertz CT molecular complexity index is 361. The predicted octanol–water partition coefficient (Wildman–Crippen LogP) is 1.94. The maximum atomic E-state index is 11.9. The Hall–Kier alpha value is -0.900. The SMILES string of the molecule is CC1CN(C(=O)c2ccncc2Br)C1. The lowest BCUT2D eigenvalue weighted by Gasteiger charge is -2.37. The summed E-state index contributed by atoms with van der Waals surface area (Å²) in [6, 6.07) is 1.75. The maximum Gasteiger partial charge on any atom is 0.255 e. The van der Waals surface area contributed by atoms with Crippen LogP contribution in [0.3, 0.4) is 0 Å². The molecule has 0 unspecified atom stereocenters. The summed E-state index contributed by atoms with van der Waals surface area (Å²) >= 11 is 3.32. The van der Waals surface area contributed by atoms with Crippen molar-refractivity contribution >= 4 is 21.8 Å². The van der Waals surface area contributed by atoms with Crippen molar-refractivity contribution in [3.63, 3.8) is 0 Å². The standard InChI is InChI=1S/C10H11BrN2O/c1-7-5-13(6-7)10(14)8-2-3-12-4-9(8)11/h2-4,7H,5-6H2,1H3. The number of carbonyl (C=O) groups excluding carboxylic acids is 1. The van der Waals surface area contributed by atoms with E-state index in [1.54, 1.807) is 18.5 Å². The summed E-state index contributed by atoms with van der Waals surface area (Å²) in [5, 5.41) is 0. The third-order valence-electron chi connectivity index (χ3n) is 2.35. The van der Waals surface area contributed by atoms with Gasteiger partial charge in [0.05, 0.1) is 5.56 Å². The van der Waals surface area contributed by atoms with E-state index in [0.717, 1.165) is 17.6 Å². The lowest BCUT2D eigenvalue weighted by atomic mass is 10.0. The zero-order valence-electron chi connectivity index (χ0n) is 7.90. The van der Waals surface area contributed by atoms with Crippen LogP contribution < -0.4 is 0 Å². The first kappa shape index (κ1) is 9.65. The molecule has 14 heavy (non-hydrogen) atoms. The van der Waals surface area contributed by atoms with Gasteiger partial charge in [0.15, 0.2) is 0 Å². The highest BCUT2D eigenvalue weighted by Gasteiger charge is 2.28. The zero-order valence-corrected chi connectivity index (χ0v) is 9.49. The molecule has 0 atom stereocenters. The first-order valence-electron chi connectivity index (χ1n) is 4.57. The second-order valence-corrected chi connectivity index (χ2v) is 4.53. The molecule has 0 radical (unpaired) electrons. The molecule has 1 aromatic heterocycles. The van der Waals surface area contributed by atoms with Crippen molar-refractivity contribution in [3.8, 4) is 0 Å². The Morgan fingerprint density at radius 1 is 1.64 bits per heavy atom. The molecule has 1 amide bonds. The van der Waals surface area contributed by atoms with Gasteiger partial charge in [0.2, 0.25) is 0 Å². The molecular formula is C10H11BrN2O. The molecule has 0 bridgehead atoms. The Morgan fingerprint density at radius 2 is 2.36 bits per heavy atom. The van der Waals surface area contributed by atoms with Gasteiger partial charge >= 0.3 is 0 Å². The third kappa shape index (κ3) is 1.66. The van der Waals surface area contributed by atoms with E-state index in [4.69, 9.17) is 0 Å². The number of hydrogen-bond acceptors (Lipinski definition) is 2. The van der Waals surface area contributed by atoms with Crippen LogP contribution in [0.4, 0.5) is 0 Å². The highest BCUT2D eigenvalue weighted by Crippen LogP contribution is 2.21. The van der Waals surface area contributed by atoms with Gasteiger partial charge in [-0.15, -0.1) is 0 Å². The molecule has 0 aromatic carbocycles. The molecule has 1 aliphatic rings. The van der Waals surface area contributed by atoms with Gasteiger partial charge < -0.3 is 4.90 Å². The molecule has 0 N–H and O–H groups in total. The van der Waals surface area contributed by atoms with Crippen molar-refractivity contribution in [2.45, 2.75) is 6.92 Å². The van der Waals surface area contributed by atoms with Crippen molar-refractivity contribution in [2.75, 3.05) is 13.1 Å². The number of rotatable bonds is 1. The van der Waals surface area contributed by atoms with Crippen LogP contribution in [0.15, 0.2) is 22.9 Å². The molecule has 1 aliphatic heterocycles. The van der Waals surface area contributed by atoms with Crippen LogP contribution in [-0.4, -0.2) is 28.9 Å². The summed E-state index contributed by atoms with van der Waals surface area (Å²) in [6.07, 6.45) is 3.29. The minimum atomic E-state index is 0.0948. The Kier molecular flexibility index (Phi) is 2.54. The molecule has 0 spiro atoms. The Morgan fingerprint density at radius 3 is 2.93 bits per heavy atom. The summed E-state index contributed by atoms with van der Waals surface area (Å²) in [5.41, 5.74) is 0.701. The second kappa shape index (κ2) is 3.69. The first-order chi connectivity index (χ1) is 6.68. The second-order valence-electron chi connectivity index (χ2n) is 3.67. The van der Waals surface area contributed by atoms with Crippen LogP contribution in [0.25, 0.3) is 0 Å². The van der Waals surface area contributed by atoms with E-state index in [0.29, 0.717) is 11.5 Å². The maximum absolute atomic E-state index is 11.9. The number of hydrogen-bond donors (Lipinski definition) is 0. The van der Waals surface area contributed by atoms with E-state index in [1.807, 2.05) is 4.90 Å². The van der Waals surface area contributed by atoms with Gasteiger partial charge in [-0.1, -0.05) is 6.92 Å². The van der Waals surface area contributed by atoms with E-state index in [-0.39, 0.29) is 5.91 Å². The number of halogens is 1. The minimum Gasteiger partial charge on any atom is -0.338 e. The minimum absolute atomic E-state index is 0.0948. The van der Waals surface area contributed by atoms with E-state index < -0.39 is 0 Å². The Labute approximate surface area is 91.3 Å². The summed E-state index contributed by atoms with van der Waals surface area (Å²) in [4.78, 5) is 17.6. The number of amides is 1. The average molecular weight is 255 g/mol. The topological polar surface area (TPSA) is 33.2 Å². The average Bonchev–Trinajstić information content (AvgIpc) is 2.13. The molecular weight excluding hydrogens is 244 g/mol. The number of likely N-dealkylation sites (tertiary alicyclic amines) is 1. The first-order valence-corrected chi connectivity index (χ1v) is 5.36. The van der Waals surface area contributed by atoms with Crippen LogP contribution in [0.1, 0.15) is 17.3 Å². The van der Waals surface area contributed by atoms with Crippen LogP contribution >= 0.6 is 15.9 Å². The molecule has 1 saturated heterocycles. The molecule has 0 saturated carbocycles. The molecule has 4 heteroatoms. The highest BCUT2D eigenvalue weighted by molar-refractivity contribution is 9.10. The summed E-state index contributed by atoms with van der Waals surface area (Å²) in [5.74, 6) is 0.733. The van der Waals surface area contributed by atoms with E-state index in [9.17, 15) is 4.79 Å². The molecule has 2 heterocycles. The Balaban J connectivity index is 2.16. The van der Waals surface area contributed by atoms with Crippen LogP contribution in [0.5, 0.6) is 0 Å². The predicted molar refractivity (Wildman–Crippen MR) is 57.0 cm³/mol. The van der Waals surface area contributed by atoms with E-state index in [2.05, 4.69) is 27.8 Å². The zero-order chi connectivity index (χ0) is 10.1. The van der Waals surface area contributed by atoms with Crippen LogP contribution in [0.2, 0.25) is 0 Å². The highest BCUT2D eigenvalue weighted by atomic mass is 79.9. The summed E-state index contributed by atoms with van der Waals surface area (Å²) in [6.45, 7) is 3.88. The van der Waals surface area contributed by atoms with Crippen molar-refractivity contribution in [2.24, 2.45) is 5.92 Å². The van der Waals surface area contributed by atoms with Crippen LogP contribution in [0, 0.1) is 5.92 Å². The number of nitrogens with zero attached hydrogens (tertiary/aromatic N) is 2. The summed E-state index contributed by atoms with van der Waals surface area (Å²) < 4.78 is 0.768. The largest absolute Gasteiger partial charge is 0.338 e. The van der Waals surface area contributed by atoms with E-state index >= 15 is 0 Å².